The summed E-state index contributed by atoms with van der Waals surface area (Å²) in [5.74, 6) is -2.39. The van der Waals surface area contributed by atoms with Crippen LogP contribution in [0, 0.1) is 11.8 Å². The molecule has 1 N–H and O–H groups in total. The molecule has 226 valence electrons. The highest BCUT2D eigenvalue weighted by atomic mass is 16.5. The van der Waals surface area contributed by atoms with E-state index < -0.39 is 35.6 Å². The van der Waals surface area contributed by atoms with Gasteiger partial charge in [-0.2, -0.15) is 0 Å². The number of rotatable bonds is 7. The van der Waals surface area contributed by atoms with Gasteiger partial charge in [-0.05, 0) is 41.3 Å². The lowest BCUT2D eigenvalue weighted by molar-refractivity contribution is -0.146. The highest BCUT2D eigenvalue weighted by Crippen LogP contribution is 2.54. The topological polar surface area (TPSA) is 90.4 Å². The molecule has 3 aromatic carbocycles. The molecule has 4 aliphatic rings. The van der Waals surface area contributed by atoms with Crippen LogP contribution in [-0.2, 0) is 25.5 Å². The van der Waals surface area contributed by atoms with E-state index in [1.165, 1.54) is 0 Å². The summed E-state index contributed by atoms with van der Waals surface area (Å²) in [6, 6.07) is 21.8. The number of carbonyl (C=O) groups is 3. The fraction of sp³-hybridized carbons (Fsp3) is 0.361. The Morgan fingerprint density at radius 3 is 2.45 bits per heavy atom. The number of benzene rings is 3. The van der Waals surface area contributed by atoms with Crippen LogP contribution in [-0.4, -0.2) is 82.7 Å². The fourth-order valence-electron chi connectivity index (χ4n) is 7.71. The van der Waals surface area contributed by atoms with E-state index in [9.17, 15) is 19.5 Å². The van der Waals surface area contributed by atoms with Crippen molar-refractivity contribution in [1.29, 1.82) is 0 Å². The van der Waals surface area contributed by atoms with Crippen molar-refractivity contribution in [2.24, 2.45) is 11.8 Å². The number of aliphatic hydroxyl groups is 1. The van der Waals surface area contributed by atoms with E-state index in [2.05, 4.69) is 0 Å². The van der Waals surface area contributed by atoms with Crippen molar-refractivity contribution in [1.82, 2.24) is 9.80 Å². The zero-order chi connectivity index (χ0) is 30.4. The summed E-state index contributed by atoms with van der Waals surface area (Å²) in [5, 5.41) is 12.8. The van der Waals surface area contributed by atoms with E-state index in [4.69, 9.17) is 4.74 Å². The number of hydrogen-bond acceptors (Lipinski definition) is 5. The number of likely N-dealkylation sites (tertiary alicyclic amines) is 1. The number of nitrogens with zero attached hydrogens (tertiary/aromatic N) is 3. The number of anilines is 1. The molecular weight excluding hydrogens is 554 g/mol. The van der Waals surface area contributed by atoms with Gasteiger partial charge in [0.25, 0.3) is 5.91 Å². The Hall–Kier alpha value is -4.27. The van der Waals surface area contributed by atoms with Crippen LogP contribution in [0.4, 0.5) is 5.69 Å². The number of aliphatic hydroxyl groups excluding tert-OH is 1. The summed E-state index contributed by atoms with van der Waals surface area (Å²) in [5.41, 5.74) is 0.302. The Morgan fingerprint density at radius 1 is 0.909 bits per heavy atom. The van der Waals surface area contributed by atoms with Gasteiger partial charge in [0.2, 0.25) is 11.8 Å². The molecule has 8 nitrogen and oxygen atoms in total. The predicted molar refractivity (Wildman–Crippen MR) is 168 cm³/mol. The van der Waals surface area contributed by atoms with E-state index in [0.717, 1.165) is 22.8 Å². The van der Waals surface area contributed by atoms with Crippen LogP contribution in [0.5, 0.6) is 0 Å². The molecule has 4 heterocycles. The molecule has 8 heteroatoms. The van der Waals surface area contributed by atoms with E-state index in [-0.39, 0.29) is 30.9 Å². The fourth-order valence-corrected chi connectivity index (χ4v) is 7.71. The second-order valence-corrected chi connectivity index (χ2v) is 12.2. The maximum Gasteiger partial charge on any atom is 0.253 e. The Balaban J connectivity index is 1.34. The molecule has 7 rings (SSSR count). The van der Waals surface area contributed by atoms with E-state index in [1.807, 2.05) is 104 Å². The molecule has 2 saturated heterocycles. The minimum absolute atomic E-state index is 0.127. The number of ether oxygens (including phenoxy) is 1. The van der Waals surface area contributed by atoms with Crippen LogP contribution < -0.4 is 4.90 Å². The Labute approximate surface area is 257 Å². The second-order valence-electron chi connectivity index (χ2n) is 12.2. The Kier molecular flexibility index (Phi) is 7.34. The van der Waals surface area contributed by atoms with Crippen molar-refractivity contribution in [3.8, 4) is 0 Å². The summed E-state index contributed by atoms with van der Waals surface area (Å²) in [6.07, 6.45) is 8.09. The first-order valence-corrected chi connectivity index (χ1v) is 15.5. The first-order valence-electron chi connectivity index (χ1n) is 15.5. The Bertz CT molecular complexity index is 1650. The number of amides is 3. The molecule has 1 spiro atoms. The summed E-state index contributed by atoms with van der Waals surface area (Å²) in [7, 11) is 0. The van der Waals surface area contributed by atoms with Gasteiger partial charge in [0.05, 0.1) is 30.6 Å². The normalized spacial score (nSPS) is 28.6. The van der Waals surface area contributed by atoms with Crippen molar-refractivity contribution in [2.75, 3.05) is 31.1 Å². The maximum absolute atomic E-state index is 14.9. The molecule has 1 unspecified atom stereocenters. The van der Waals surface area contributed by atoms with Crippen LogP contribution in [0.15, 0.2) is 97.1 Å². The first kappa shape index (κ1) is 28.5. The average Bonchev–Trinajstić information content (AvgIpc) is 3.37. The van der Waals surface area contributed by atoms with Crippen molar-refractivity contribution >= 4 is 34.2 Å². The zero-order valence-corrected chi connectivity index (χ0v) is 24.8. The van der Waals surface area contributed by atoms with Gasteiger partial charge in [0.15, 0.2) is 0 Å². The summed E-state index contributed by atoms with van der Waals surface area (Å²) < 4.78 is 6.80. The number of fused-ring (bicyclic) bond motifs is 3. The number of carbonyl (C=O) groups excluding carboxylic acids is 3. The lowest BCUT2D eigenvalue weighted by atomic mass is 9.77. The van der Waals surface area contributed by atoms with E-state index in [0.29, 0.717) is 25.2 Å². The summed E-state index contributed by atoms with van der Waals surface area (Å²) in [4.78, 5) is 48.7. The molecule has 3 amide bonds. The van der Waals surface area contributed by atoms with Gasteiger partial charge in [0.1, 0.15) is 11.6 Å². The third-order valence-corrected chi connectivity index (χ3v) is 9.64. The van der Waals surface area contributed by atoms with Gasteiger partial charge in [-0.15, -0.1) is 0 Å². The molecule has 2 fully saturated rings. The molecule has 0 saturated carbocycles. The summed E-state index contributed by atoms with van der Waals surface area (Å²) >= 11 is 0. The van der Waals surface area contributed by atoms with Gasteiger partial charge >= 0.3 is 0 Å². The quantitative estimate of drug-likeness (QED) is 0.423. The van der Waals surface area contributed by atoms with Gasteiger partial charge < -0.3 is 24.5 Å². The van der Waals surface area contributed by atoms with Crippen LogP contribution in [0.1, 0.15) is 18.9 Å². The van der Waals surface area contributed by atoms with Gasteiger partial charge in [-0.1, -0.05) is 91.9 Å². The predicted octanol–water partition coefficient (Wildman–Crippen LogP) is 3.74. The highest BCUT2D eigenvalue weighted by molar-refractivity contribution is 6.06. The smallest absolute Gasteiger partial charge is 0.253 e. The third-order valence-electron chi connectivity index (χ3n) is 9.64. The van der Waals surface area contributed by atoms with Crippen molar-refractivity contribution in [2.45, 2.75) is 43.6 Å². The first-order chi connectivity index (χ1) is 21.5. The molecule has 3 aromatic rings. The minimum atomic E-state index is -1.35. The molecular formula is C36H37N3O5. The molecule has 4 aliphatic heterocycles. The largest absolute Gasteiger partial charge is 0.394 e. The summed E-state index contributed by atoms with van der Waals surface area (Å²) in [6.45, 7) is 3.01. The van der Waals surface area contributed by atoms with Crippen LogP contribution in [0.25, 0.3) is 10.8 Å². The van der Waals surface area contributed by atoms with Crippen molar-refractivity contribution in [3.05, 3.63) is 103 Å². The van der Waals surface area contributed by atoms with Gasteiger partial charge in [0, 0.05) is 25.3 Å². The van der Waals surface area contributed by atoms with Gasteiger partial charge in [-0.25, -0.2) is 0 Å². The van der Waals surface area contributed by atoms with Crippen molar-refractivity contribution in [3.63, 3.8) is 0 Å². The highest BCUT2D eigenvalue weighted by Gasteiger charge is 2.72. The standard InChI is InChI=1S/C36H37N3O5/c1-2-18-37-19-8-14-29-30(33(37)41)31-34(42)39(28(23-40)21-24-10-4-3-5-11-24)32-35(43)38(20-9-17-36(31,32)44-29)27-16-15-25-12-6-7-13-26(25)22-27/h3-17,22,28-32,40H,2,18-21,23H2,1H3/t28-,29+,30-,31+,32?,36+/m1/s1. The zero-order valence-electron chi connectivity index (χ0n) is 24.8. The van der Waals surface area contributed by atoms with E-state index >= 15 is 0 Å². The van der Waals surface area contributed by atoms with Crippen LogP contribution in [0.3, 0.4) is 0 Å². The number of hydrogen-bond donors (Lipinski definition) is 1. The molecule has 0 bridgehead atoms. The third kappa shape index (κ3) is 4.47. The molecule has 0 aliphatic carbocycles. The SMILES string of the molecule is CCCN1CC=C[C@@H]2O[C@]34C=CCN(c5ccc6ccccc6c5)C(=O)C3N([C@@H](CO)Cc3ccccc3)C(=O)[C@@H]4[C@@H]2C1=O. The van der Waals surface area contributed by atoms with Crippen LogP contribution in [0.2, 0.25) is 0 Å². The molecule has 6 atom stereocenters. The average molecular weight is 592 g/mol. The monoisotopic (exact) mass is 591 g/mol. The Morgan fingerprint density at radius 2 is 1.68 bits per heavy atom. The lowest BCUT2D eigenvalue weighted by Gasteiger charge is -2.38. The maximum atomic E-state index is 14.9. The lowest BCUT2D eigenvalue weighted by Crippen LogP contribution is -2.58. The molecule has 0 aromatic heterocycles. The molecule has 0 radical (unpaired) electrons. The van der Waals surface area contributed by atoms with E-state index in [1.54, 1.807) is 14.7 Å². The second kappa shape index (κ2) is 11.3. The van der Waals surface area contributed by atoms with Gasteiger partial charge in [-0.3, -0.25) is 14.4 Å². The molecule has 44 heavy (non-hydrogen) atoms. The van der Waals surface area contributed by atoms with Crippen LogP contribution >= 0.6 is 0 Å². The van der Waals surface area contributed by atoms with Crippen molar-refractivity contribution < 1.29 is 24.2 Å². The minimum Gasteiger partial charge on any atom is -0.394 e.